The van der Waals surface area contributed by atoms with Crippen molar-refractivity contribution in [3.63, 3.8) is 0 Å². The summed E-state index contributed by atoms with van der Waals surface area (Å²) in [6.45, 7) is 5.91. The Morgan fingerprint density at radius 3 is 2.67 bits per heavy atom. The van der Waals surface area contributed by atoms with Gasteiger partial charge in [-0.15, -0.1) is 0 Å². The molecule has 1 saturated heterocycles. The van der Waals surface area contributed by atoms with Crippen molar-refractivity contribution in [3.8, 4) is 0 Å². The third kappa shape index (κ3) is 2.89. The van der Waals surface area contributed by atoms with Crippen LogP contribution in [0.25, 0.3) is 0 Å². The molecule has 1 aliphatic rings. The molecule has 1 fully saturated rings. The van der Waals surface area contributed by atoms with Gasteiger partial charge in [0.15, 0.2) is 0 Å². The Balaban J connectivity index is 2.13. The van der Waals surface area contributed by atoms with E-state index in [1.807, 2.05) is 0 Å². The van der Waals surface area contributed by atoms with Crippen LogP contribution in [0.15, 0.2) is 24.3 Å². The predicted molar refractivity (Wildman–Crippen MR) is 69.9 cm³/mol. The summed E-state index contributed by atoms with van der Waals surface area (Å²) in [6, 6.07) is 6.22. The van der Waals surface area contributed by atoms with E-state index in [4.69, 9.17) is 0 Å². The smallest absolute Gasteiger partial charge is 0.256 e. The standard InChI is InChI=1S/C15H20FNO/c1-15(2)8-5-10-17(11-9-15)14(18)12-6-3-4-7-13(12)16/h3-4,6-7H,5,8-11H2,1-2H3. The van der Waals surface area contributed by atoms with E-state index in [1.54, 1.807) is 23.1 Å². The average molecular weight is 249 g/mol. The first-order valence-corrected chi connectivity index (χ1v) is 6.53. The number of rotatable bonds is 1. The summed E-state index contributed by atoms with van der Waals surface area (Å²) < 4.78 is 13.6. The second-order valence-corrected chi connectivity index (χ2v) is 5.79. The lowest BCUT2D eigenvalue weighted by molar-refractivity contribution is 0.0752. The Hall–Kier alpha value is -1.38. The minimum atomic E-state index is -0.425. The topological polar surface area (TPSA) is 20.3 Å². The Kier molecular flexibility index (Phi) is 3.69. The van der Waals surface area contributed by atoms with Gasteiger partial charge in [-0.25, -0.2) is 4.39 Å². The van der Waals surface area contributed by atoms with Gasteiger partial charge in [-0.1, -0.05) is 26.0 Å². The van der Waals surface area contributed by atoms with Crippen molar-refractivity contribution in [1.82, 2.24) is 4.90 Å². The molecule has 0 bridgehead atoms. The molecular formula is C15H20FNO. The van der Waals surface area contributed by atoms with Gasteiger partial charge in [0.25, 0.3) is 5.91 Å². The molecule has 1 amide bonds. The fraction of sp³-hybridized carbons (Fsp3) is 0.533. The summed E-state index contributed by atoms with van der Waals surface area (Å²) in [6.07, 6.45) is 3.09. The molecule has 0 unspecified atom stereocenters. The normalized spacial score (nSPS) is 19.4. The van der Waals surface area contributed by atoms with Gasteiger partial charge in [-0.05, 0) is 36.8 Å². The number of likely N-dealkylation sites (tertiary alicyclic amines) is 1. The zero-order valence-electron chi connectivity index (χ0n) is 11.1. The van der Waals surface area contributed by atoms with Crippen molar-refractivity contribution < 1.29 is 9.18 Å². The van der Waals surface area contributed by atoms with Gasteiger partial charge in [0.2, 0.25) is 0 Å². The lowest BCUT2D eigenvalue weighted by Crippen LogP contribution is -2.32. The quantitative estimate of drug-likeness (QED) is 0.746. The van der Waals surface area contributed by atoms with Gasteiger partial charge < -0.3 is 4.90 Å². The molecule has 0 aliphatic carbocycles. The predicted octanol–water partition coefficient (Wildman–Crippen LogP) is 3.48. The number of benzene rings is 1. The van der Waals surface area contributed by atoms with Crippen LogP contribution in [-0.4, -0.2) is 23.9 Å². The number of nitrogens with zero attached hydrogens (tertiary/aromatic N) is 1. The van der Waals surface area contributed by atoms with Crippen LogP contribution in [0.3, 0.4) is 0 Å². The summed E-state index contributed by atoms with van der Waals surface area (Å²) in [7, 11) is 0. The average Bonchev–Trinajstić information content (AvgIpc) is 2.50. The monoisotopic (exact) mass is 249 g/mol. The molecule has 0 saturated carbocycles. The first kappa shape index (κ1) is 13.1. The molecule has 2 rings (SSSR count). The van der Waals surface area contributed by atoms with E-state index in [2.05, 4.69) is 13.8 Å². The molecule has 0 radical (unpaired) electrons. The first-order valence-electron chi connectivity index (χ1n) is 6.53. The molecule has 1 aliphatic heterocycles. The number of halogens is 1. The number of hydrogen-bond acceptors (Lipinski definition) is 1. The maximum absolute atomic E-state index is 13.6. The Morgan fingerprint density at radius 1 is 1.22 bits per heavy atom. The Labute approximate surface area is 108 Å². The van der Waals surface area contributed by atoms with Crippen LogP contribution in [-0.2, 0) is 0 Å². The number of hydrogen-bond donors (Lipinski definition) is 0. The minimum absolute atomic E-state index is 0.175. The summed E-state index contributed by atoms with van der Waals surface area (Å²) in [5, 5.41) is 0. The van der Waals surface area contributed by atoms with Gasteiger partial charge >= 0.3 is 0 Å². The second kappa shape index (κ2) is 5.09. The van der Waals surface area contributed by atoms with Crippen molar-refractivity contribution in [2.75, 3.05) is 13.1 Å². The Morgan fingerprint density at radius 2 is 1.94 bits per heavy atom. The highest BCUT2D eigenvalue weighted by Crippen LogP contribution is 2.30. The van der Waals surface area contributed by atoms with E-state index in [9.17, 15) is 9.18 Å². The van der Waals surface area contributed by atoms with Crippen molar-refractivity contribution >= 4 is 5.91 Å². The van der Waals surface area contributed by atoms with Gasteiger partial charge in [0.1, 0.15) is 5.82 Å². The van der Waals surface area contributed by atoms with Crippen molar-refractivity contribution in [2.45, 2.75) is 33.1 Å². The number of carbonyl (C=O) groups excluding carboxylic acids is 1. The highest BCUT2D eigenvalue weighted by atomic mass is 19.1. The lowest BCUT2D eigenvalue weighted by Gasteiger charge is -2.23. The molecule has 1 aromatic rings. The van der Waals surface area contributed by atoms with Gasteiger partial charge in [-0.3, -0.25) is 4.79 Å². The van der Waals surface area contributed by atoms with Gasteiger partial charge in [0.05, 0.1) is 5.56 Å². The number of amides is 1. The highest BCUT2D eigenvalue weighted by Gasteiger charge is 2.26. The summed E-state index contributed by atoms with van der Waals surface area (Å²) >= 11 is 0. The summed E-state index contributed by atoms with van der Waals surface area (Å²) in [4.78, 5) is 14.1. The molecule has 18 heavy (non-hydrogen) atoms. The van der Waals surface area contributed by atoms with Crippen LogP contribution in [0.5, 0.6) is 0 Å². The molecule has 1 aromatic carbocycles. The maximum Gasteiger partial charge on any atom is 0.256 e. The van der Waals surface area contributed by atoms with E-state index >= 15 is 0 Å². The third-order valence-corrected chi connectivity index (χ3v) is 3.73. The minimum Gasteiger partial charge on any atom is -0.339 e. The molecule has 1 heterocycles. The van der Waals surface area contributed by atoms with Gasteiger partial charge in [-0.2, -0.15) is 0 Å². The van der Waals surface area contributed by atoms with E-state index in [-0.39, 0.29) is 16.9 Å². The fourth-order valence-corrected chi connectivity index (χ4v) is 2.43. The van der Waals surface area contributed by atoms with Crippen LogP contribution in [0, 0.1) is 11.2 Å². The first-order chi connectivity index (χ1) is 8.49. The van der Waals surface area contributed by atoms with Crippen molar-refractivity contribution in [1.29, 1.82) is 0 Å². The molecule has 0 atom stereocenters. The van der Waals surface area contributed by atoms with Gasteiger partial charge in [0, 0.05) is 13.1 Å². The summed E-state index contributed by atoms with van der Waals surface area (Å²) in [5.41, 5.74) is 0.474. The van der Waals surface area contributed by atoms with E-state index in [0.29, 0.717) is 0 Å². The Bertz CT molecular complexity index is 442. The fourth-order valence-electron chi connectivity index (χ4n) is 2.43. The molecule has 0 aromatic heterocycles. The zero-order valence-corrected chi connectivity index (χ0v) is 11.1. The zero-order chi connectivity index (χ0) is 13.2. The highest BCUT2D eigenvalue weighted by molar-refractivity contribution is 5.94. The van der Waals surface area contributed by atoms with Crippen LogP contribution < -0.4 is 0 Å². The van der Waals surface area contributed by atoms with E-state index in [1.165, 1.54) is 6.07 Å². The van der Waals surface area contributed by atoms with Crippen LogP contribution in [0.4, 0.5) is 4.39 Å². The second-order valence-electron chi connectivity index (χ2n) is 5.79. The van der Waals surface area contributed by atoms with E-state index < -0.39 is 5.82 Å². The van der Waals surface area contributed by atoms with Crippen LogP contribution >= 0.6 is 0 Å². The maximum atomic E-state index is 13.6. The molecule has 0 spiro atoms. The summed E-state index contributed by atoms with van der Waals surface area (Å²) in [5.74, 6) is -0.600. The van der Waals surface area contributed by atoms with Crippen LogP contribution in [0.2, 0.25) is 0 Å². The van der Waals surface area contributed by atoms with Crippen LogP contribution in [0.1, 0.15) is 43.5 Å². The molecular weight excluding hydrogens is 229 g/mol. The number of carbonyl (C=O) groups is 1. The van der Waals surface area contributed by atoms with Crippen molar-refractivity contribution in [3.05, 3.63) is 35.6 Å². The molecule has 98 valence electrons. The SMILES string of the molecule is CC1(C)CCCN(C(=O)c2ccccc2F)CC1. The van der Waals surface area contributed by atoms with E-state index in [0.717, 1.165) is 32.4 Å². The third-order valence-electron chi connectivity index (χ3n) is 3.73. The van der Waals surface area contributed by atoms with Crippen molar-refractivity contribution in [2.24, 2.45) is 5.41 Å². The molecule has 0 N–H and O–H groups in total. The molecule has 2 nitrogen and oxygen atoms in total. The molecule has 3 heteroatoms. The lowest BCUT2D eigenvalue weighted by atomic mass is 9.85. The largest absolute Gasteiger partial charge is 0.339 e.